The molecule has 0 bridgehead atoms. The monoisotopic (exact) mass is 235 g/mol. The Morgan fingerprint density at radius 2 is 2.18 bits per heavy atom. The molecule has 0 aliphatic rings. The predicted molar refractivity (Wildman–Crippen MR) is 58.4 cm³/mol. The average molecular weight is 235 g/mol. The molecule has 5 heteroatoms. The Balaban J connectivity index is 2.92. The van der Waals surface area contributed by atoms with Crippen molar-refractivity contribution in [2.75, 3.05) is 7.11 Å². The minimum atomic E-state index is -0.751. The number of nitrogens with two attached hydrogens (primary N) is 1. The lowest BCUT2D eigenvalue weighted by molar-refractivity contribution is -0.117. The molecule has 0 aromatic heterocycles. The summed E-state index contributed by atoms with van der Waals surface area (Å²) in [5.74, 6) is 3.02. The summed E-state index contributed by atoms with van der Waals surface area (Å²) in [5.41, 5.74) is 5.09. The van der Waals surface area contributed by atoms with Crippen LogP contribution in [-0.2, 0) is 9.53 Å². The number of esters is 1. The number of carbonyl (C=O) groups is 2. The van der Waals surface area contributed by atoms with Gasteiger partial charge in [0.1, 0.15) is 5.82 Å². The quantitative estimate of drug-likeness (QED) is 0.610. The van der Waals surface area contributed by atoms with Gasteiger partial charge in [-0.2, -0.15) is 0 Å². The zero-order valence-corrected chi connectivity index (χ0v) is 9.12. The van der Waals surface area contributed by atoms with Crippen molar-refractivity contribution in [2.45, 2.75) is 6.42 Å². The molecule has 0 saturated heterocycles. The first-order chi connectivity index (χ1) is 8.04. The highest BCUT2D eigenvalue weighted by Gasteiger charge is 2.11. The van der Waals surface area contributed by atoms with E-state index in [-0.39, 0.29) is 12.0 Å². The van der Waals surface area contributed by atoms with Crippen molar-refractivity contribution in [3.8, 4) is 11.8 Å². The molecule has 0 fully saturated rings. The third-order valence-electron chi connectivity index (χ3n) is 1.87. The Kier molecular flexibility index (Phi) is 4.23. The Hall–Kier alpha value is -2.35. The van der Waals surface area contributed by atoms with Crippen molar-refractivity contribution >= 4 is 11.9 Å². The van der Waals surface area contributed by atoms with Crippen LogP contribution in [0, 0.1) is 17.7 Å². The van der Waals surface area contributed by atoms with Gasteiger partial charge in [-0.15, -0.1) is 0 Å². The zero-order valence-electron chi connectivity index (χ0n) is 9.12. The van der Waals surface area contributed by atoms with E-state index in [0.717, 1.165) is 6.07 Å². The number of hydrogen-bond donors (Lipinski definition) is 1. The molecule has 4 nitrogen and oxygen atoms in total. The fourth-order valence-corrected chi connectivity index (χ4v) is 1.10. The molecular weight excluding hydrogens is 225 g/mol. The van der Waals surface area contributed by atoms with Crippen LogP contribution in [0.5, 0.6) is 0 Å². The minimum absolute atomic E-state index is 0.0969. The molecule has 2 N–H and O–H groups in total. The normalized spacial score (nSPS) is 9.06. The van der Waals surface area contributed by atoms with Crippen LogP contribution in [0.25, 0.3) is 0 Å². The second-order valence-electron chi connectivity index (χ2n) is 3.13. The minimum Gasteiger partial charge on any atom is -0.465 e. The first kappa shape index (κ1) is 12.7. The summed E-state index contributed by atoms with van der Waals surface area (Å²) < 4.78 is 17.8. The van der Waals surface area contributed by atoms with E-state index in [4.69, 9.17) is 5.73 Å². The van der Waals surface area contributed by atoms with Crippen LogP contribution in [0.3, 0.4) is 0 Å². The van der Waals surface area contributed by atoms with Crippen LogP contribution < -0.4 is 5.73 Å². The molecule has 1 aromatic carbocycles. The Labute approximate surface area is 97.6 Å². The summed E-state index contributed by atoms with van der Waals surface area (Å²) in [7, 11) is 1.17. The highest BCUT2D eigenvalue weighted by atomic mass is 19.1. The van der Waals surface area contributed by atoms with E-state index in [1.165, 1.54) is 19.2 Å². The zero-order chi connectivity index (χ0) is 12.8. The van der Waals surface area contributed by atoms with Crippen LogP contribution in [-0.4, -0.2) is 19.0 Å². The molecule has 0 radical (unpaired) electrons. The molecule has 0 aliphatic carbocycles. The molecule has 0 atom stereocenters. The van der Waals surface area contributed by atoms with Gasteiger partial charge in [0, 0.05) is 5.56 Å². The number of benzene rings is 1. The molecule has 1 aromatic rings. The van der Waals surface area contributed by atoms with Crippen molar-refractivity contribution in [3.63, 3.8) is 0 Å². The van der Waals surface area contributed by atoms with Crippen molar-refractivity contribution < 1.29 is 18.7 Å². The second-order valence-corrected chi connectivity index (χ2v) is 3.13. The number of hydrogen-bond acceptors (Lipinski definition) is 3. The van der Waals surface area contributed by atoms with Crippen LogP contribution in [0.15, 0.2) is 18.2 Å². The Bertz CT molecular complexity index is 514. The van der Waals surface area contributed by atoms with Gasteiger partial charge in [0.15, 0.2) is 0 Å². The molecule has 1 rings (SSSR count). The number of ether oxygens (including phenoxy) is 1. The van der Waals surface area contributed by atoms with E-state index in [0.29, 0.717) is 5.56 Å². The highest BCUT2D eigenvalue weighted by Crippen LogP contribution is 2.10. The maximum absolute atomic E-state index is 13.4. The van der Waals surface area contributed by atoms with E-state index in [1.54, 1.807) is 0 Å². The Morgan fingerprint density at radius 3 is 2.71 bits per heavy atom. The third-order valence-corrected chi connectivity index (χ3v) is 1.87. The first-order valence-electron chi connectivity index (χ1n) is 4.69. The molecule has 0 spiro atoms. The van der Waals surface area contributed by atoms with Gasteiger partial charge >= 0.3 is 5.97 Å². The summed E-state index contributed by atoms with van der Waals surface area (Å²) in [6.07, 6.45) is -0.0969. The molecule has 17 heavy (non-hydrogen) atoms. The van der Waals surface area contributed by atoms with E-state index < -0.39 is 17.7 Å². The highest BCUT2D eigenvalue weighted by molar-refractivity contribution is 5.89. The standard InChI is InChI=1S/C12H10FNO3/c1-17-12(16)9-6-5-8(7-10(9)13)3-2-4-11(14)15/h5-7H,4H2,1H3,(H2,14,15). The van der Waals surface area contributed by atoms with Crippen LogP contribution in [0.2, 0.25) is 0 Å². The lowest BCUT2D eigenvalue weighted by atomic mass is 10.1. The van der Waals surface area contributed by atoms with Gasteiger partial charge in [-0.05, 0) is 18.2 Å². The Morgan fingerprint density at radius 1 is 1.47 bits per heavy atom. The van der Waals surface area contributed by atoms with E-state index in [2.05, 4.69) is 16.6 Å². The van der Waals surface area contributed by atoms with E-state index in [9.17, 15) is 14.0 Å². The van der Waals surface area contributed by atoms with Gasteiger partial charge in [0.25, 0.3) is 0 Å². The number of amides is 1. The summed E-state index contributed by atoms with van der Waals surface area (Å²) in [6.45, 7) is 0. The lowest BCUT2D eigenvalue weighted by Gasteiger charge is -2.00. The van der Waals surface area contributed by atoms with Crippen molar-refractivity contribution in [1.29, 1.82) is 0 Å². The van der Waals surface area contributed by atoms with E-state index in [1.807, 2.05) is 0 Å². The molecule has 0 unspecified atom stereocenters. The number of carbonyl (C=O) groups excluding carboxylic acids is 2. The van der Waals surface area contributed by atoms with Gasteiger partial charge in [-0.3, -0.25) is 4.79 Å². The number of primary amides is 1. The van der Waals surface area contributed by atoms with Crippen molar-refractivity contribution in [1.82, 2.24) is 0 Å². The average Bonchev–Trinajstić information content (AvgIpc) is 2.28. The fourth-order valence-electron chi connectivity index (χ4n) is 1.10. The largest absolute Gasteiger partial charge is 0.465 e. The maximum atomic E-state index is 13.4. The predicted octanol–water partition coefficient (Wildman–Crippen LogP) is 0.839. The van der Waals surface area contributed by atoms with Gasteiger partial charge in [0.05, 0.1) is 19.1 Å². The summed E-state index contributed by atoms with van der Waals surface area (Å²) in [5, 5.41) is 0. The first-order valence-corrected chi connectivity index (χ1v) is 4.69. The summed E-state index contributed by atoms with van der Waals surface area (Å²) in [6, 6.07) is 3.83. The van der Waals surface area contributed by atoms with Crippen LogP contribution in [0.4, 0.5) is 4.39 Å². The van der Waals surface area contributed by atoms with Gasteiger partial charge in [-0.1, -0.05) is 11.8 Å². The maximum Gasteiger partial charge on any atom is 0.340 e. The summed E-state index contributed by atoms with van der Waals surface area (Å²) in [4.78, 5) is 21.5. The number of methoxy groups -OCH3 is 1. The van der Waals surface area contributed by atoms with Crippen molar-refractivity contribution in [2.24, 2.45) is 5.73 Å². The number of rotatable bonds is 2. The summed E-state index contributed by atoms with van der Waals surface area (Å²) >= 11 is 0. The second kappa shape index (κ2) is 5.66. The van der Waals surface area contributed by atoms with Gasteiger partial charge in [-0.25, -0.2) is 9.18 Å². The van der Waals surface area contributed by atoms with E-state index >= 15 is 0 Å². The topological polar surface area (TPSA) is 69.4 Å². The third kappa shape index (κ3) is 3.61. The molecular formula is C12H10FNO3. The molecule has 1 amide bonds. The number of halogens is 1. The lowest BCUT2D eigenvalue weighted by Crippen LogP contribution is -2.08. The molecule has 0 heterocycles. The van der Waals surface area contributed by atoms with Gasteiger partial charge < -0.3 is 10.5 Å². The van der Waals surface area contributed by atoms with Crippen LogP contribution >= 0.6 is 0 Å². The van der Waals surface area contributed by atoms with Gasteiger partial charge in [0.2, 0.25) is 5.91 Å². The smallest absolute Gasteiger partial charge is 0.340 e. The van der Waals surface area contributed by atoms with Crippen LogP contribution in [0.1, 0.15) is 22.3 Å². The van der Waals surface area contributed by atoms with Crippen molar-refractivity contribution in [3.05, 3.63) is 35.1 Å². The molecule has 0 saturated carbocycles. The molecule has 88 valence electrons. The SMILES string of the molecule is COC(=O)c1ccc(C#CCC(N)=O)cc1F. The molecule has 0 aliphatic heterocycles. The fraction of sp³-hybridized carbons (Fsp3) is 0.167.